The number of halogens is 2. The third-order valence-electron chi connectivity index (χ3n) is 6.97. The molecule has 0 bridgehead atoms. The van der Waals surface area contributed by atoms with Gasteiger partial charge in [-0.05, 0) is 44.1 Å². The number of rotatable bonds is 2. The maximum Gasteiger partial charge on any atom is 0.154 e. The molecular formula is C22H25Cl2N5. The van der Waals surface area contributed by atoms with Crippen LogP contribution in [0.2, 0.25) is 10.0 Å². The summed E-state index contributed by atoms with van der Waals surface area (Å²) in [5.41, 5.74) is 10.5. The average molecular weight is 430 g/mol. The number of nitrogens with two attached hydrogens (primary N) is 1. The number of benzene rings is 1. The highest BCUT2D eigenvalue weighted by Gasteiger charge is 2.43. The Labute approximate surface area is 180 Å². The van der Waals surface area contributed by atoms with Crippen LogP contribution in [0.3, 0.4) is 0 Å². The molecule has 1 aliphatic heterocycles. The van der Waals surface area contributed by atoms with E-state index in [1.54, 1.807) is 6.07 Å². The second-order valence-corrected chi connectivity index (χ2v) is 9.25. The molecule has 7 heteroatoms. The first-order valence-electron chi connectivity index (χ1n) is 10.3. The first-order valence-corrected chi connectivity index (χ1v) is 11.0. The van der Waals surface area contributed by atoms with Gasteiger partial charge in [0.15, 0.2) is 5.82 Å². The van der Waals surface area contributed by atoms with E-state index in [0.717, 1.165) is 54.2 Å². The van der Waals surface area contributed by atoms with Crippen molar-refractivity contribution in [3.63, 3.8) is 0 Å². The summed E-state index contributed by atoms with van der Waals surface area (Å²) in [5, 5.41) is 1.08. The van der Waals surface area contributed by atoms with E-state index in [1.165, 1.54) is 19.3 Å². The van der Waals surface area contributed by atoms with Gasteiger partial charge in [0, 0.05) is 24.7 Å². The Kier molecular flexibility index (Phi) is 4.72. The average Bonchev–Trinajstić information content (AvgIpc) is 3.33. The molecule has 29 heavy (non-hydrogen) atoms. The number of anilines is 1. The van der Waals surface area contributed by atoms with Gasteiger partial charge in [0.25, 0.3) is 0 Å². The van der Waals surface area contributed by atoms with Crippen LogP contribution in [0.4, 0.5) is 5.82 Å². The second kappa shape index (κ2) is 7.15. The smallest absolute Gasteiger partial charge is 0.154 e. The third-order valence-corrected chi connectivity index (χ3v) is 7.79. The highest BCUT2D eigenvalue weighted by molar-refractivity contribution is 6.43. The topological polar surface area (TPSA) is 59.5 Å². The molecule has 5 rings (SSSR count). The van der Waals surface area contributed by atoms with Gasteiger partial charge in [0.2, 0.25) is 0 Å². The van der Waals surface area contributed by atoms with Crippen LogP contribution >= 0.6 is 23.2 Å². The van der Waals surface area contributed by atoms with E-state index in [-0.39, 0.29) is 0 Å². The maximum atomic E-state index is 6.52. The molecule has 2 fully saturated rings. The normalized spacial score (nSPS) is 21.4. The van der Waals surface area contributed by atoms with Crippen molar-refractivity contribution in [1.82, 2.24) is 14.4 Å². The molecule has 0 amide bonds. The van der Waals surface area contributed by atoms with E-state index in [9.17, 15) is 0 Å². The SMILES string of the molecule is Cc1nc(N2CCC3(CCCC3N)CC2)c2cncn2c1-c1cccc(Cl)c1Cl. The van der Waals surface area contributed by atoms with Gasteiger partial charge in [-0.1, -0.05) is 41.8 Å². The lowest BCUT2D eigenvalue weighted by Gasteiger charge is -2.42. The van der Waals surface area contributed by atoms with Gasteiger partial charge in [-0.3, -0.25) is 4.40 Å². The van der Waals surface area contributed by atoms with Gasteiger partial charge < -0.3 is 10.6 Å². The second-order valence-electron chi connectivity index (χ2n) is 8.47. The number of hydrogen-bond donors (Lipinski definition) is 1. The van der Waals surface area contributed by atoms with Crippen molar-refractivity contribution in [3.05, 3.63) is 46.5 Å². The van der Waals surface area contributed by atoms with Crippen LogP contribution < -0.4 is 10.6 Å². The van der Waals surface area contributed by atoms with E-state index < -0.39 is 0 Å². The molecule has 1 aromatic carbocycles. The highest BCUT2D eigenvalue weighted by atomic mass is 35.5. The number of nitrogens with zero attached hydrogens (tertiary/aromatic N) is 4. The van der Waals surface area contributed by atoms with Gasteiger partial charge in [-0.25, -0.2) is 9.97 Å². The molecule has 1 aliphatic carbocycles. The number of fused-ring (bicyclic) bond motifs is 1. The Morgan fingerprint density at radius 1 is 1.17 bits per heavy atom. The molecule has 1 saturated carbocycles. The van der Waals surface area contributed by atoms with Crippen LogP contribution in [0.25, 0.3) is 16.8 Å². The van der Waals surface area contributed by atoms with Crippen molar-refractivity contribution < 1.29 is 0 Å². The summed E-state index contributed by atoms with van der Waals surface area (Å²) in [6.07, 6.45) is 9.69. The van der Waals surface area contributed by atoms with Crippen molar-refractivity contribution in [2.75, 3.05) is 18.0 Å². The van der Waals surface area contributed by atoms with Crippen molar-refractivity contribution in [3.8, 4) is 11.3 Å². The van der Waals surface area contributed by atoms with Gasteiger partial charge in [0.1, 0.15) is 5.52 Å². The number of aryl methyl sites for hydroxylation is 1. The fraction of sp³-hybridized carbons (Fsp3) is 0.455. The first kappa shape index (κ1) is 19.2. The van der Waals surface area contributed by atoms with Crippen molar-refractivity contribution in [1.29, 1.82) is 0 Å². The molecule has 1 atom stereocenters. The van der Waals surface area contributed by atoms with Crippen LogP contribution in [0.1, 0.15) is 37.8 Å². The third kappa shape index (κ3) is 3.02. The zero-order valence-electron chi connectivity index (χ0n) is 16.5. The van der Waals surface area contributed by atoms with E-state index in [2.05, 4.69) is 14.3 Å². The van der Waals surface area contributed by atoms with Crippen LogP contribution in [-0.4, -0.2) is 33.5 Å². The number of aromatic nitrogens is 3. The lowest BCUT2D eigenvalue weighted by Crippen LogP contribution is -2.47. The lowest BCUT2D eigenvalue weighted by atomic mass is 9.74. The van der Waals surface area contributed by atoms with Gasteiger partial charge in [-0.15, -0.1) is 0 Å². The zero-order chi connectivity index (χ0) is 20.2. The van der Waals surface area contributed by atoms with E-state index >= 15 is 0 Å². The molecule has 1 spiro atoms. The summed E-state index contributed by atoms with van der Waals surface area (Å²) in [6, 6.07) is 6.03. The molecule has 152 valence electrons. The maximum absolute atomic E-state index is 6.52. The Hall–Kier alpha value is -1.82. The van der Waals surface area contributed by atoms with Crippen LogP contribution in [0, 0.1) is 12.3 Å². The van der Waals surface area contributed by atoms with Crippen molar-refractivity contribution >= 4 is 34.5 Å². The summed E-state index contributed by atoms with van der Waals surface area (Å²) in [6.45, 7) is 3.99. The quantitative estimate of drug-likeness (QED) is 0.614. The molecule has 3 aromatic rings. The van der Waals surface area contributed by atoms with Crippen LogP contribution in [0.5, 0.6) is 0 Å². The van der Waals surface area contributed by atoms with E-state index in [1.807, 2.05) is 31.6 Å². The molecule has 3 heterocycles. The predicted molar refractivity (Wildman–Crippen MR) is 119 cm³/mol. The minimum Gasteiger partial charge on any atom is -0.355 e. The Morgan fingerprint density at radius 3 is 2.69 bits per heavy atom. The minimum absolute atomic E-state index is 0.330. The first-order chi connectivity index (χ1) is 14.0. The zero-order valence-corrected chi connectivity index (χ0v) is 18.0. The molecular weight excluding hydrogens is 405 g/mol. The Balaban J connectivity index is 1.54. The summed E-state index contributed by atoms with van der Waals surface area (Å²) in [5.74, 6) is 0.989. The van der Waals surface area contributed by atoms with E-state index in [4.69, 9.17) is 33.9 Å². The molecule has 2 aromatic heterocycles. The minimum atomic E-state index is 0.330. The molecule has 2 N–H and O–H groups in total. The van der Waals surface area contributed by atoms with Gasteiger partial charge in [-0.2, -0.15) is 0 Å². The molecule has 5 nitrogen and oxygen atoms in total. The number of imidazole rings is 1. The fourth-order valence-electron chi connectivity index (χ4n) is 5.28. The molecule has 0 radical (unpaired) electrons. The summed E-state index contributed by atoms with van der Waals surface area (Å²) >= 11 is 12.8. The lowest BCUT2D eigenvalue weighted by molar-refractivity contribution is 0.197. The Bertz CT molecular complexity index is 1070. The molecule has 1 saturated heterocycles. The molecule has 2 aliphatic rings. The predicted octanol–water partition coefficient (Wildman–Crippen LogP) is 5.11. The summed E-state index contributed by atoms with van der Waals surface area (Å²) in [7, 11) is 0. The van der Waals surface area contributed by atoms with Crippen molar-refractivity contribution in [2.24, 2.45) is 11.1 Å². The number of hydrogen-bond acceptors (Lipinski definition) is 4. The Morgan fingerprint density at radius 2 is 1.97 bits per heavy atom. The number of piperidine rings is 1. The monoisotopic (exact) mass is 429 g/mol. The standard InChI is InChI=1S/C22H25Cl2N5/c1-14-20(15-4-2-5-16(23)19(15)24)29-13-26-12-17(29)21(27-14)28-10-8-22(9-11-28)7-3-6-18(22)25/h2,4-5,12-13,18H,3,6-11,25H2,1H3. The van der Waals surface area contributed by atoms with Crippen LogP contribution in [-0.2, 0) is 0 Å². The van der Waals surface area contributed by atoms with Crippen molar-refractivity contribution in [2.45, 2.75) is 45.1 Å². The van der Waals surface area contributed by atoms with E-state index in [0.29, 0.717) is 21.5 Å². The largest absolute Gasteiger partial charge is 0.355 e. The highest BCUT2D eigenvalue weighted by Crippen LogP contribution is 2.46. The summed E-state index contributed by atoms with van der Waals surface area (Å²) in [4.78, 5) is 11.8. The van der Waals surface area contributed by atoms with Gasteiger partial charge in [0.05, 0.1) is 34.0 Å². The van der Waals surface area contributed by atoms with Crippen LogP contribution in [0.15, 0.2) is 30.7 Å². The summed E-state index contributed by atoms with van der Waals surface area (Å²) < 4.78 is 2.08. The fourth-order valence-corrected chi connectivity index (χ4v) is 5.67. The van der Waals surface area contributed by atoms with Gasteiger partial charge >= 0.3 is 0 Å². The molecule has 1 unspecified atom stereocenters.